The first-order valence-electron chi connectivity index (χ1n) is 9.72. The van der Waals surface area contributed by atoms with Gasteiger partial charge in [0.25, 0.3) is 0 Å². The van der Waals surface area contributed by atoms with Crippen LogP contribution in [0.25, 0.3) is 0 Å². The van der Waals surface area contributed by atoms with Crippen LogP contribution < -0.4 is 0 Å². The third-order valence-electron chi connectivity index (χ3n) is 6.53. The highest BCUT2D eigenvalue weighted by atomic mass is 35.5. The Bertz CT molecular complexity index is 535. The summed E-state index contributed by atoms with van der Waals surface area (Å²) >= 11 is 12.1. The standard InChI is InChI=1S/C22H30Cl2/c1-2-16-5-10-19(11-6-16)20-12-7-17(8-13-20)3-4-18-9-14-21(23)22(24)15-18/h2,9,14-17,19-20H,1,3-8,10-13H2/t16-,17?,19-,20?. The molecule has 2 aliphatic rings. The molecule has 0 radical (unpaired) electrons. The van der Waals surface area contributed by atoms with Crippen molar-refractivity contribution in [1.29, 1.82) is 0 Å². The number of aryl methyl sites for hydroxylation is 1. The minimum absolute atomic E-state index is 0.659. The fraction of sp³-hybridized carbons (Fsp3) is 0.636. The van der Waals surface area contributed by atoms with Crippen molar-refractivity contribution in [2.45, 2.75) is 64.2 Å². The molecule has 0 aliphatic heterocycles. The van der Waals surface area contributed by atoms with Crippen molar-refractivity contribution < 1.29 is 0 Å². The zero-order chi connectivity index (χ0) is 16.9. The van der Waals surface area contributed by atoms with Gasteiger partial charge in [0.05, 0.1) is 10.0 Å². The summed E-state index contributed by atoms with van der Waals surface area (Å²) in [6.07, 6.45) is 16.0. The summed E-state index contributed by atoms with van der Waals surface area (Å²) in [5, 5.41) is 1.35. The van der Waals surface area contributed by atoms with Crippen LogP contribution in [0, 0.1) is 23.7 Å². The van der Waals surface area contributed by atoms with Gasteiger partial charge in [0.2, 0.25) is 0 Å². The van der Waals surface area contributed by atoms with E-state index in [0.717, 1.165) is 30.1 Å². The van der Waals surface area contributed by atoms with Crippen LogP contribution in [0.2, 0.25) is 10.0 Å². The van der Waals surface area contributed by atoms with E-state index in [9.17, 15) is 0 Å². The molecule has 0 amide bonds. The molecule has 132 valence electrons. The van der Waals surface area contributed by atoms with Crippen molar-refractivity contribution in [3.8, 4) is 0 Å². The van der Waals surface area contributed by atoms with Gasteiger partial charge >= 0.3 is 0 Å². The predicted octanol–water partition coefficient (Wildman–Crippen LogP) is 7.72. The summed E-state index contributed by atoms with van der Waals surface area (Å²) in [5.41, 5.74) is 1.33. The molecule has 0 bridgehead atoms. The molecular formula is C22H30Cl2. The highest BCUT2D eigenvalue weighted by molar-refractivity contribution is 6.42. The van der Waals surface area contributed by atoms with Gasteiger partial charge in [-0.15, -0.1) is 6.58 Å². The van der Waals surface area contributed by atoms with E-state index in [1.54, 1.807) is 0 Å². The van der Waals surface area contributed by atoms with Crippen molar-refractivity contribution in [3.63, 3.8) is 0 Å². The molecule has 3 rings (SSSR count). The second kappa shape index (κ2) is 8.77. The second-order valence-electron chi connectivity index (χ2n) is 7.98. The molecule has 0 aromatic heterocycles. The Hall–Kier alpha value is -0.460. The van der Waals surface area contributed by atoms with Gasteiger partial charge in [-0.2, -0.15) is 0 Å². The predicted molar refractivity (Wildman–Crippen MR) is 106 cm³/mol. The highest BCUT2D eigenvalue weighted by Crippen LogP contribution is 2.42. The summed E-state index contributed by atoms with van der Waals surface area (Å²) in [5.74, 6) is 3.69. The molecule has 0 atom stereocenters. The summed E-state index contributed by atoms with van der Waals surface area (Å²) in [6.45, 7) is 3.97. The van der Waals surface area contributed by atoms with Gasteiger partial charge in [0.1, 0.15) is 0 Å². The van der Waals surface area contributed by atoms with E-state index < -0.39 is 0 Å². The molecule has 2 fully saturated rings. The van der Waals surface area contributed by atoms with E-state index in [0.29, 0.717) is 10.0 Å². The molecular weight excluding hydrogens is 335 g/mol. The number of allylic oxidation sites excluding steroid dienone is 1. The Morgan fingerprint density at radius 2 is 1.50 bits per heavy atom. The minimum Gasteiger partial charge on any atom is -0.103 e. The SMILES string of the molecule is C=C[C@H]1CC[C@H](C2CCC(CCc3ccc(Cl)c(Cl)c3)CC2)CC1. The zero-order valence-electron chi connectivity index (χ0n) is 14.7. The van der Waals surface area contributed by atoms with Crippen LogP contribution in [0.3, 0.4) is 0 Å². The molecule has 0 unspecified atom stereocenters. The van der Waals surface area contributed by atoms with E-state index >= 15 is 0 Å². The number of benzene rings is 1. The Morgan fingerprint density at radius 1 is 0.875 bits per heavy atom. The summed E-state index contributed by atoms with van der Waals surface area (Å²) in [7, 11) is 0. The maximum absolute atomic E-state index is 6.12. The van der Waals surface area contributed by atoms with Gasteiger partial charge < -0.3 is 0 Å². The largest absolute Gasteiger partial charge is 0.103 e. The lowest BCUT2D eigenvalue weighted by Gasteiger charge is -2.37. The molecule has 24 heavy (non-hydrogen) atoms. The first kappa shape index (κ1) is 18.3. The third-order valence-corrected chi connectivity index (χ3v) is 7.27. The fourth-order valence-electron chi connectivity index (χ4n) is 4.87. The number of hydrogen-bond donors (Lipinski definition) is 0. The molecule has 1 aromatic rings. The first-order valence-corrected chi connectivity index (χ1v) is 10.5. The van der Waals surface area contributed by atoms with Crippen LogP contribution in [0.4, 0.5) is 0 Å². The highest BCUT2D eigenvalue weighted by Gasteiger charge is 2.30. The third kappa shape index (κ3) is 4.79. The van der Waals surface area contributed by atoms with Gasteiger partial charge in [-0.25, -0.2) is 0 Å². The molecule has 0 nitrogen and oxygen atoms in total. The van der Waals surface area contributed by atoms with Crippen LogP contribution >= 0.6 is 23.2 Å². The van der Waals surface area contributed by atoms with Gasteiger partial charge in [-0.3, -0.25) is 0 Å². The van der Waals surface area contributed by atoms with Crippen LogP contribution in [0.1, 0.15) is 63.4 Å². The van der Waals surface area contributed by atoms with E-state index in [4.69, 9.17) is 23.2 Å². The lowest BCUT2D eigenvalue weighted by molar-refractivity contribution is 0.153. The van der Waals surface area contributed by atoms with E-state index in [2.05, 4.69) is 18.7 Å². The smallest absolute Gasteiger partial charge is 0.0595 e. The van der Waals surface area contributed by atoms with Gasteiger partial charge in [-0.05, 0) is 92.7 Å². The fourth-order valence-corrected chi connectivity index (χ4v) is 5.19. The van der Waals surface area contributed by atoms with Gasteiger partial charge in [0, 0.05) is 0 Å². The Morgan fingerprint density at radius 3 is 2.08 bits per heavy atom. The van der Waals surface area contributed by atoms with Crippen LogP contribution in [0.15, 0.2) is 30.9 Å². The average molecular weight is 365 g/mol. The van der Waals surface area contributed by atoms with Gasteiger partial charge in [-0.1, -0.05) is 48.2 Å². The first-order chi connectivity index (χ1) is 11.7. The van der Waals surface area contributed by atoms with Crippen molar-refractivity contribution in [3.05, 3.63) is 46.5 Å². The van der Waals surface area contributed by atoms with Crippen molar-refractivity contribution >= 4 is 23.2 Å². The lowest BCUT2D eigenvalue weighted by Crippen LogP contribution is -2.25. The number of rotatable bonds is 5. The van der Waals surface area contributed by atoms with Crippen molar-refractivity contribution in [1.82, 2.24) is 0 Å². The molecule has 2 aliphatic carbocycles. The van der Waals surface area contributed by atoms with E-state index in [1.165, 1.54) is 63.4 Å². The summed E-state index contributed by atoms with van der Waals surface area (Å²) < 4.78 is 0. The van der Waals surface area contributed by atoms with Crippen molar-refractivity contribution in [2.75, 3.05) is 0 Å². The molecule has 1 aromatic carbocycles. The zero-order valence-corrected chi connectivity index (χ0v) is 16.2. The van der Waals surface area contributed by atoms with Crippen molar-refractivity contribution in [2.24, 2.45) is 23.7 Å². The lowest BCUT2D eigenvalue weighted by atomic mass is 9.68. The summed E-state index contributed by atoms with van der Waals surface area (Å²) in [6, 6.07) is 6.08. The molecule has 2 heteroatoms. The second-order valence-corrected chi connectivity index (χ2v) is 8.79. The average Bonchev–Trinajstić information content (AvgIpc) is 2.63. The molecule has 0 heterocycles. The minimum atomic E-state index is 0.659. The Balaban J connectivity index is 1.40. The number of hydrogen-bond acceptors (Lipinski definition) is 0. The van der Waals surface area contributed by atoms with E-state index in [1.807, 2.05) is 12.1 Å². The molecule has 2 saturated carbocycles. The number of halogens is 2. The Kier molecular flexibility index (Phi) is 6.70. The Labute approximate surface area is 157 Å². The molecule has 0 saturated heterocycles. The quantitative estimate of drug-likeness (QED) is 0.468. The van der Waals surface area contributed by atoms with E-state index in [-0.39, 0.29) is 0 Å². The molecule has 0 N–H and O–H groups in total. The van der Waals surface area contributed by atoms with Crippen LogP contribution in [-0.4, -0.2) is 0 Å². The maximum atomic E-state index is 6.12. The van der Waals surface area contributed by atoms with Crippen LogP contribution in [-0.2, 0) is 6.42 Å². The summed E-state index contributed by atoms with van der Waals surface area (Å²) in [4.78, 5) is 0. The van der Waals surface area contributed by atoms with Crippen LogP contribution in [0.5, 0.6) is 0 Å². The monoisotopic (exact) mass is 364 g/mol. The maximum Gasteiger partial charge on any atom is 0.0595 e. The molecule has 0 spiro atoms. The van der Waals surface area contributed by atoms with Gasteiger partial charge in [0.15, 0.2) is 0 Å². The normalized spacial score (nSPS) is 30.9. The topological polar surface area (TPSA) is 0 Å².